The molecule has 29 heavy (non-hydrogen) atoms. The highest BCUT2D eigenvalue weighted by Crippen LogP contribution is 2.38. The molecule has 0 N–H and O–H groups in total. The molecule has 1 aliphatic carbocycles. The standard InChI is InChI=1S/C22H27ClN4O2/c1-29-18-12-15-11-16(23)6-9-19(15)27-20(13-18)24-25-22(27)14-4-7-17(8-5-14)26-10-2-3-21(26)28/h6,9,11,14,17-18H,2-5,7-8,10,12-13H2,1H3. The Hall–Kier alpha value is -1.92. The fourth-order valence-electron chi connectivity index (χ4n) is 5.31. The minimum absolute atomic E-state index is 0.0717. The SMILES string of the molecule is COC1Cc2cc(Cl)ccc2-n2c(nnc2C2CCC(N3CCCC3=O)CC2)C1. The number of fused-ring (bicyclic) bond motifs is 3. The summed E-state index contributed by atoms with van der Waals surface area (Å²) < 4.78 is 7.95. The van der Waals surface area contributed by atoms with Gasteiger partial charge in [-0.15, -0.1) is 10.2 Å². The van der Waals surface area contributed by atoms with E-state index in [4.69, 9.17) is 16.3 Å². The summed E-state index contributed by atoms with van der Waals surface area (Å²) in [7, 11) is 1.75. The molecule has 1 aromatic carbocycles. The third kappa shape index (κ3) is 3.46. The van der Waals surface area contributed by atoms with Crippen molar-refractivity contribution in [2.75, 3.05) is 13.7 Å². The third-order valence-electron chi connectivity index (χ3n) is 6.84. The largest absolute Gasteiger partial charge is 0.381 e. The Balaban J connectivity index is 1.43. The van der Waals surface area contributed by atoms with E-state index in [1.165, 1.54) is 5.56 Å². The number of hydrogen-bond acceptors (Lipinski definition) is 4. The first kappa shape index (κ1) is 19.1. The van der Waals surface area contributed by atoms with Crippen LogP contribution in [-0.2, 0) is 22.4 Å². The highest BCUT2D eigenvalue weighted by Gasteiger charge is 2.35. The lowest BCUT2D eigenvalue weighted by molar-refractivity contribution is -0.130. The van der Waals surface area contributed by atoms with E-state index in [1.807, 2.05) is 12.1 Å². The predicted octanol–water partition coefficient (Wildman–Crippen LogP) is 3.68. The summed E-state index contributed by atoms with van der Waals surface area (Å²) in [5, 5.41) is 9.93. The Bertz CT molecular complexity index is 920. The number of nitrogens with zero attached hydrogens (tertiary/aromatic N) is 4. The summed E-state index contributed by atoms with van der Waals surface area (Å²) in [6, 6.07) is 6.46. The number of carbonyl (C=O) groups is 1. The van der Waals surface area contributed by atoms with E-state index in [1.54, 1.807) is 7.11 Å². The number of benzene rings is 1. The third-order valence-corrected chi connectivity index (χ3v) is 7.08. The number of rotatable bonds is 3. The Morgan fingerprint density at radius 3 is 2.69 bits per heavy atom. The fraction of sp³-hybridized carbons (Fsp3) is 0.591. The van der Waals surface area contributed by atoms with Crippen LogP contribution in [0, 0.1) is 0 Å². The first-order valence-electron chi connectivity index (χ1n) is 10.7. The van der Waals surface area contributed by atoms with Gasteiger partial charge in [-0.2, -0.15) is 0 Å². The van der Waals surface area contributed by atoms with Gasteiger partial charge in [-0.25, -0.2) is 0 Å². The van der Waals surface area contributed by atoms with Crippen molar-refractivity contribution < 1.29 is 9.53 Å². The monoisotopic (exact) mass is 414 g/mol. The Morgan fingerprint density at radius 2 is 1.97 bits per heavy atom. The van der Waals surface area contributed by atoms with E-state index in [0.29, 0.717) is 17.9 Å². The maximum Gasteiger partial charge on any atom is 0.222 e. The molecule has 0 radical (unpaired) electrons. The molecular formula is C22H27ClN4O2. The fourth-order valence-corrected chi connectivity index (χ4v) is 5.51. The van der Waals surface area contributed by atoms with Crippen LogP contribution in [0.1, 0.15) is 61.7 Å². The van der Waals surface area contributed by atoms with Crippen molar-refractivity contribution in [3.05, 3.63) is 40.4 Å². The van der Waals surface area contributed by atoms with Crippen molar-refractivity contribution in [2.45, 2.75) is 69.4 Å². The van der Waals surface area contributed by atoms with Gasteiger partial charge in [0.15, 0.2) is 0 Å². The molecule has 1 aromatic heterocycles. The van der Waals surface area contributed by atoms with Gasteiger partial charge in [0.05, 0.1) is 11.8 Å². The summed E-state index contributed by atoms with van der Waals surface area (Å²) in [5.74, 6) is 2.71. The molecule has 3 aliphatic rings. The van der Waals surface area contributed by atoms with Crippen molar-refractivity contribution in [1.82, 2.24) is 19.7 Å². The second-order valence-corrected chi connectivity index (χ2v) is 8.98. The van der Waals surface area contributed by atoms with Crippen LogP contribution in [-0.4, -0.2) is 51.4 Å². The van der Waals surface area contributed by atoms with Gasteiger partial charge in [-0.1, -0.05) is 11.6 Å². The number of amides is 1. The van der Waals surface area contributed by atoms with Crippen LogP contribution < -0.4 is 0 Å². The molecule has 5 rings (SSSR count). The summed E-state index contributed by atoms with van der Waals surface area (Å²) in [6.45, 7) is 0.932. The van der Waals surface area contributed by atoms with Gasteiger partial charge in [0.1, 0.15) is 11.6 Å². The molecule has 1 unspecified atom stereocenters. The average molecular weight is 415 g/mol. The predicted molar refractivity (Wildman–Crippen MR) is 111 cm³/mol. The molecule has 1 atom stereocenters. The average Bonchev–Trinajstić information content (AvgIpc) is 3.30. The Kier molecular flexibility index (Phi) is 5.08. The zero-order valence-electron chi connectivity index (χ0n) is 16.8. The minimum Gasteiger partial charge on any atom is -0.381 e. The summed E-state index contributed by atoms with van der Waals surface area (Å²) >= 11 is 6.29. The van der Waals surface area contributed by atoms with Crippen LogP contribution in [0.4, 0.5) is 0 Å². The molecule has 2 aromatic rings. The molecule has 6 nitrogen and oxygen atoms in total. The van der Waals surface area contributed by atoms with Crippen molar-refractivity contribution in [3.63, 3.8) is 0 Å². The number of ether oxygens (including phenoxy) is 1. The van der Waals surface area contributed by atoms with Crippen molar-refractivity contribution in [2.24, 2.45) is 0 Å². The highest BCUT2D eigenvalue weighted by atomic mass is 35.5. The first-order valence-corrected chi connectivity index (χ1v) is 11.1. The van der Waals surface area contributed by atoms with E-state index < -0.39 is 0 Å². The van der Waals surface area contributed by atoms with Crippen molar-refractivity contribution in [3.8, 4) is 5.69 Å². The number of hydrogen-bond donors (Lipinski definition) is 0. The molecule has 2 aliphatic heterocycles. The number of likely N-dealkylation sites (tertiary alicyclic amines) is 1. The molecule has 3 heterocycles. The van der Waals surface area contributed by atoms with Gasteiger partial charge < -0.3 is 9.64 Å². The van der Waals surface area contributed by atoms with E-state index in [-0.39, 0.29) is 6.10 Å². The van der Waals surface area contributed by atoms with Crippen molar-refractivity contribution in [1.29, 1.82) is 0 Å². The van der Waals surface area contributed by atoms with Gasteiger partial charge >= 0.3 is 0 Å². The van der Waals surface area contributed by atoms with E-state index in [9.17, 15) is 4.79 Å². The van der Waals surface area contributed by atoms with Gasteiger partial charge in [0.2, 0.25) is 5.91 Å². The summed E-state index contributed by atoms with van der Waals surface area (Å²) in [4.78, 5) is 14.2. The molecule has 0 bridgehead atoms. The zero-order valence-corrected chi connectivity index (χ0v) is 17.6. The molecule has 0 spiro atoms. The second-order valence-electron chi connectivity index (χ2n) is 8.54. The molecule has 7 heteroatoms. The topological polar surface area (TPSA) is 60.2 Å². The second kappa shape index (κ2) is 7.73. The lowest BCUT2D eigenvalue weighted by Crippen LogP contribution is -2.38. The number of aromatic nitrogens is 3. The zero-order chi connectivity index (χ0) is 20.0. The van der Waals surface area contributed by atoms with E-state index >= 15 is 0 Å². The quantitative estimate of drug-likeness (QED) is 0.768. The lowest BCUT2D eigenvalue weighted by Gasteiger charge is -2.34. The normalized spacial score (nSPS) is 26.9. The Labute approximate surface area is 176 Å². The van der Waals surface area contributed by atoms with Gasteiger partial charge in [0, 0.05) is 49.9 Å². The van der Waals surface area contributed by atoms with Crippen LogP contribution in [0.15, 0.2) is 18.2 Å². The number of carbonyl (C=O) groups excluding carboxylic acids is 1. The lowest BCUT2D eigenvalue weighted by atomic mass is 9.84. The Morgan fingerprint density at radius 1 is 1.14 bits per heavy atom. The molecule has 2 fully saturated rings. The van der Waals surface area contributed by atoms with Crippen LogP contribution >= 0.6 is 11.6 Å². The van der Waals surface area contributed by atoms with E-state index in [0.717, 1.165) is 80.3 Å². The number of methoxy groups -OCH3 is 1. The molecule has 1 saturated heterocycles. The molecular weight excluding hydrogens is 388 g/mol. The molecule has 1 amide bonds. The summed E-state index contributed by atoms with van der Waals surface area (Å²) in [6.07, 6.45) is 7.55. The summed E-state index contributed by atoms with van der Waals surface area (Å²) in [5.41, 5.74) is 2.31. The first-order chi connectivity index (χ1) is 14.1. The van der Waals surface area contributed by atoms with Crippen LogP contribution in [0.3, 0.4) is 0 Å². The van der Waals surface area contributed by atoms with Gasteiger partial charge in [-0.05, 0) is 55.9 Å². The maximum absolute atomic E-state index is 12.1. The minimum atomic E-state index is 0.0717. The highest BCUT2D eigenvalue weighted by molar-refractivity contribution is 6.30. The van der Waals surface area contributed by atoms with Crippen LogP contribution in [0.25, 0.3) is 5.69 Å². The van der Waals surface area contributed by atoms with E-state index in [2.05, 4.69) is 25.7 Å². The van der Waals surface area contributed by atoms with Crippen LogP contribution in [0.5, 0.6) is 0 Å². The van der Waals surface area contributed by atoms with Crippen LogP contribution in [0.2, 0.25) is 5.02 Å². The van der Waals surface area contributed by atoms with Crippen molar-refractivity contribution >= 4 is 17.5 Å². The number of halogens is 1. The maximum atomic E-state index is 12.1. The van der Waals surface area contributed by atoms with Gasteiger partial charge in [0.25, 0.3) is 0 Å². The van der Waals surface area contributed by atoms with Gasteiger partial charge in [-0.3, -0.25) is 9.36 Å². The molecule has 1 saturated carbocycles. The smallest absolute Gasteiger partial charge is 0.222 e. The molecule has 154 valence electrons.